The lowest BCUT2D eigenvalue weighted by Gasteiger charge is -2.40. The maximum absolute atomic E-state index is 13.0. The fourth-order valence-electron chi connectivity index (χ4n) is 7.72. The molecule has 1 rings (SSSR count). The number of aliphatic hydroxyl groups excluding tert-OH is 5. The zero-order valence-corrected chi connectivity index (χ0v) is 43.3. The smallest absolute Gasteiger partial charge is 0.220 e. The zero-order chi connectivity index (χ0) is 50.1. The van der Waals surface area contributed by atoms with Crippen molar-refractivity contribution in [3.8, 4) is 0 Å². The van der Waals surface area contributed by atoms with Crippen molar-refractivity contribution in [2.45, 2.75) is 236 Å². The summed E-state index contributed by atoms with van der Waals surface area (Å²) in [6.07, 6.45) is 65.7. The molecule has 9 nitrogen and oxygen atoms in total. The minimum Gasteiger partial charge on any atom is -0.394 e. The van der Waals surface area contributed by atoms with Gasteiger partial charge in [-0.2, -0.15) is 0 Å². The summed E-state index contributed by atoms with van der Waals surface area (Å²) in [7, 11) is 0. The first-order valence-electron chi connectivity index (χ1n) is 27.3. The predicted molar refractivity (Wildman–Crippen MR) is 290 cm³/mol. The maximum atomic E-state index is 13.0. The molecular formula is C60H99NO8. The molecule has 1 amide bonds. The number of unbranched alkanes of at least 4 members (excludes halogenated alkanes) is 16. The lowest BCUT2D eigenvalue weighted by Crippen LogP contribution is -2.60. The van der Waals surface area contributed by atoms with Crippen molar-refractivity contribution in [1.29, 1.82) is 0 Å². The molecule has 6 N–H and O–H groups in total. The Bertz CT molecular complexity index is 1490. The van der Waals surface area contributed by atoms with Crippen molar-refractivity contribution >= 4 is 5.91 Å². The Labute approximate surface area is 420 Å². The predicted octanol–water partition coefficient (Wildman–Crippen LogP) is 13.2. The number of nitrogens with one attached hydrogen (secondary N) is 1. The van der Waals surface area contributed by atoms with E-state index in [9.17, 15) is 30.3 Å². The molecule has 1 aliphatic rings. The monoisotopic (exact) mass is 962 g/mol. The summed E-state index contributed by atoms with van der Waals surface area (Å²) in [6.45, 7) is 3.57. The fraction of sp³-hybridized carbons (Fsp3) is 0.650. The lowest BCUT2D eigenvalue weighted by atomic mass is 9.99. The van der Waals surface area contributed by atoms with Crippen LogP contribution in [0.1, 0.15) is 194 Å². The molecule has 0 radical (unpaired) electrons. The van der Waals surface area contributed by atoms with E-state index in [-0.39, 0.29) is 12.5 Å². The van der Waals surface area contributed by atoms with Crippen molar-refractivity contribution in [2.24, 2.45) is 0 Å². The topological polar surface area (TPSA) is 149 Å². The summed E-state index contributed by atoms with van der Waals surface area (Å²) < 4.78 is 11.2. The van der Waals surface area contributed by atoms with Gasteiger partial charge in [0.2, 0.25) is 5.91 Å². The average Bonchev–Trinajstić information content (AvgIpc) is 3.35. The Balaban J connectivity index is 2.12. The number of aliphatic hydroxyl groups is 5. The highest BCUT2D eigenvalue weighted by molar-refractivity contribution is 5.76. The molecule has 7 atom stereocenters. The number of ether oxygens (including phenoxy) is 2. The molecule has 0 spiro atoms. The third-order valence-electron chi connectivity index (χ3n) is 12.0. The Morgan fingerprint density at radius 3 is 1.39 bits per heavy atom. The van der Waals surface area contributed by atoms with Crippen LogP contribution >= 0.6 is 0 Å². The zero-order valence-electron chi connectivity index (χ0n) is 43.3. The molecular weight excluding hydrogens is 863 g/mol. The Morgan fingerprint density at radius 2 is 0.913 bits per heavy atom. The van der Waals surface area contributed by atoms with Crippen LogP contribution in [-0.2, 0) is 14.3 Å². The number of amides is 1. The number of rotatable bonds is 44. The molecule has 0 aromatic carbocycles. The maximum Gasteiger partial charge on any atom is 0.220 e. The largest absolute Gasteiger partial charge is 0.394 e. The number of hydrogen-bond acceptors (Lipinski definition) is 8. The van der Waals surface area contributed by atoms with Crippen LogP contribution in [0.3, 0.4) is 0 Å². The molecule has 1 saturated heterocycles. The van der Waals surface area contributed by atoms with Crippen molar-refractivity contribution in [2.75, 3.05) is 13.2 Å². The molecule has 7 unspecified atom stereocenters. The van der Waals surface area contributed by atoms with E-state index in [0.717, 1.165) is 89.9 Å². The van der Waals surface area contributed by atoms with Crippen LogP contribution < -0.4 is 5.32 Å². The molecule has 1 aliphatic heterocycles. The van der Waals surface area contributed by atoms with Gasteiger partial charge < -0.3 is 40.3 Å². The van der Waals surface area contributed by atoms with Crippen LogP contribution in [0.25, 0.3) is 0 Å². The second kappa shape index (κ2) is 48.2. The van der Waals surface area contributed by atoms with Gasteiger partial charge in [-0.1, -0.05) is 212 Å². The fourth-order valence-corrected chi connectivity index (χ4v) is 7.72. The van der Waals surface area contributed by atoms with Gasteiger partial charge in [0.05, 0.1) is 25.4 Å². The van der Waals surface area contributed by atoms with E-state index in [2.05, 4.69) is 129 Å². The van der Waals surface area contributed by atoms with E-state index in [1.165, 1.54) is 83.5 Å². The molecule has 0 aromatic heterocycles. The highest BCUT2D eigenvalue weighted by Crippen LogP contribution is 2.22. The van der Waals surface area contributed by atoms with Crippen molar-refractivity contribution in [1.82, 2.24) is 5.32 Å². The summed E-state index contributed by atoms with van der Waals surface area (Å²) in [5, 5.41) is 54.1. The van der Waals surface area contributed by atoms with Crippen LogP contribution in [-0.4, -0.2) is 87.5 Å². The normalized spacial score (nSPS) is 20.5. The molecule has 9 heteroatoms. The lowest BCUT2D eigenvalue weighted by molar-refractivity contribution is -0.302. The standard InChI is InChI=1S/C60H99NO8/c1-3-5-7-9-11-13-14-15-16-17-18-19-20-21-22-23-24-25-26-27-28-29-30-31-32-33-34-35-36-37-38-39-40-42-44-46-48-50-56(64)61-53(54(63)49-47-45-43-41-12-10-8-6-4-2)52-68-60-59(67)58(66)57(65)55(51-62)69-60/h5,7,11-13,15-16,18-19,21-22,24-25,27-28,30-31,41,47,49,53-55,57-60,62-63,65-67H,3-4,6,8-10,14,17,20,23,26,29,32-40,42-46,48,50-52H2,1-2H3,(H,61,64)/b7-5-,13-11-,16-15-,19-18-,22-21-,25-24-,28-27-,31-30-,41-12+,49-47+. The first-order chi connectivity index (χ1) is 33.8. The average molecular weight is 962 g/mol. The number of carbonyl (C=O) groups is 1. The highest BCUT2D eigenvalue weighted by atomic mass is 16.7. The SMILES string of the molecule is CC/C=C\C/C=C\C/C=C\C/C=C\C/C=C\C/C=C\C/C=C\C/C=C\CCCCCCCCCCCCCCC(=O)NC(COC1OC(CO)C(O)C(O)C1O)C(O)/C=C/CC/C=C/CCCCC. The van der Waals surface area contributed by atoms with Crippen LogP contribution in [0.15, 0.2) is 122 Å². The summed E-state index contributed by atoms with van der Waals surface area (Å²) >= 11 is 0. The van der Waals surface area contributed by atoms with Crippen molar-refractivity contribution in [3.63, 3.8) is 0 Å². The molecule has 0 aliphatic carbocycles. The molecule has 1 fully saturated rings. The molecule has 0 saturated carbocycles. The van der Waals surface area contributed by atoms with Gasteiger partial charge in [-0.25, -0.2) is 0 Å². The summed E-state index contributed by atoms with van der Waals surface area (Å²) in [5.41, 5.74) is 0. The van der Waals surface area contributed by atoms with Gasteiger partial charge >= 0.3 is 0 Å². The van der Waals surface area contributed by atoms with Crippen LogP contribution in [0.2, 0.25) is 0 Å². The number of hydrogen-bond donors (Lipinski definition) is 6. The molecule has 69 heavy (non-hydrogen) atoms. The minimum atomic E-state index is -1.58. The van der Waals surface area contributed by atoms with Gasteiger partial charge in [0, 0.05) is 6.42 Å². The van der Waals surface area contributed by atoms with Gasteiger partial charge in [-0.3, -0.25) is 4.79 Å². The third-order valence-corrected chi connectivity index (χ3v) is 12.0. The second-order valence-electron chi connectivity index (χ2n) is 18.3. The molecule has 0 aromatic rings. The van der Waals surface area contributed by atoms with Gasteiger partial charge in [-0.15, -0.1) is 0 Å². The Hall–Kier alpha value is -3.41. The van der Waals surface area contributed by atoms with Gasteiger partial charge in [0.15, 0.2) is 6.29 Å². The first kappa shape index (κ1) is 63.6. The first-order valence-corrected chi connectivity index (χ1v) is 27.3. The number of allylic oxidation sites excluding steroid dienone is 19. The Kier molecular flexibility index (Phi) is 44.5. The van der Waals surface area contributed by atoms with Crippen molar-refractivity contribution < 1.29 is 39.8 Å². The quantitative estimate of drug-likeness (QED) is 0.0261. The summed E-state index contributed by atoms with van der Waals surface area (Å²) in [5.74, 6) is -0.198. The van der Waals surface area contributed by atoms with E-state index < -0.39 is 49.5 Å². The third kappa shape index (κ3) is 38.0. The van der Waals surface area contributed by atoms with E-state index in [0.29, 0.717) is 6.42 Å². The van der Waals surface area contributed by atoms with E-state index in [4.69, 9.17) is 9.47 Å². The van der Waals surface area contributed by atoms with Crippen LogP contribution in [0.5, 0.6) is 0 Å². The van der Waals surface area contributed by atoms with Gasteiger partial charge in [0.1, 0.15) is 24.4 Å². The van der Waals surface area contributed by atoms with Crippen LogP contribution in [0.4, 0.5) is 0 Å². The number of carbonyl (C=O) groups excluding carboxylic acids is 1. The summed E-state index contributed by atoms with van der Waals surface area (Å²) in [6, 6.07) is -0.828. The van der Waals surface area contributed by atoms with Crippen molar-refractivity contribution in [3.05, 3.63) is 122 Å². The van der Waals surface area contributed by atoms with Gasteiger partial charge in [-0.05, 0) is 96.3 Å². The molecule has 392 valence electrons. The van der Waals surface area contributed by atoms with E-state index >= 15 is 0 Å². The van der Waals surface area contributed by atoms with E-state index in [1.807, 2.05) is 6.08 Å². The van der Waals surface area contributed by atoms with E-state index in [1.54, 1.807) is 6.08 Å². The molecule has 0 bridgehead atoms. The second-order valence-corrected chi connectivity index (χ2v) is 18.3. The summed E-state index contributed by atoms with van der Waals surface area (Å²) in [4.78, 5) is 13.0. The highest BCUT2D eigenvalue weighted by Gasteiger charge is 2.44. The Morgan fingerprint density at radius 1 is 0.507 bits per heavy atom. The van der Waals surface area contributed by atoms with Crippen LogP contribution in [0, 0.1) is 0 Å². The van der Waals surface area contributed by atoms with Gasteiger partial charge in [0.25, 0.3) is 0 Å². The molecule has 1 heterocycles. The minimum absolute atomic E-state index is 0.198.